The SMILES string of the molecule is CCn1c(N)c(C(=O)COC(=O)c2ccc3c(c2)NC(=O)CS3)c(=O)[nH]c1=O. The molecule has 10 nitrogen and oxygen atoms in total. The summed E-state index contributed by atoms with van der Waals surface area (Å²) >= 11 is 1.34. The van der Waals surface area contributed by atoms with Crippen LogP contribution in [0.15, 0.2) is 32.7 Å². The normalized spacial score (nSPS) is 12.8. The second-order valence-electron chi connectivity index (χ2n) is 5.81. The number of benzene rings is 1. The van der Waals surface area contributed by atoms with Gasteiger partial charge in [0.1, 0.15) is 11.4 Å². The number of esters is 1. The molecule has 4 N–H and O–H groups in total. The molecule has 0 saturated carbocycles. The number of aromatic nitrogens is 2. The maximum absolute atomic E-state index is 12.3. The van der Waals surface area contributed by atoms with Gasteiger partial charge in [-0.2, -0.15) is 0 Å². The smallest absolute Gasteiger partial charge is 0.338 e. The zero-order valence-corrected chi connectivity index (χ0v) is 15.6. The Morgan fingerprint density at radius 2 is 2.04 bits per heavy atom. The highest BCUT2D eigenvalue weighted by molar-refractivity contribution is 8.00. The molecule has 2 heterocycles. The Bertz CT molecular complexity index is 1100. The summed E-state index contributed by atoms with van der Waals surface area (Å²) in [5.74, 6) is -1.82. The molecule has 3 rings (SSSR count). The van der Waals surface area contributed by atoms with Crippen molar-refractivity contribution in [1.82, 2.24) is 9.55 Å². The van der Waals surface area contributed by atoms with Crippen molar-refractivity contribution in [2.75, 3.05) is 23.4 Å². The molecule has 0 saturated heterocycles. The van der Waals surface area contributed by atoms with Crippen molar-refractivity contribution < 1.29 is 19.1 Å². The van der Waals surface area contributed by atoms with Crippen LogP contribution in [-0.2, 0) is 16.1 Å². The summed E-state index contributed by atoms with van der Waals surface area (Å²) in [6, 6.07) is 4.62. The van der Waals surface area contributed by atoms with E-state index in [1.54, 1.807) is 13.0 Å². The van der Waals surface area contributed by atoms with Crippen molar-refractivity contribution in [3.05, 3.63) is 50.2 Å². The predicted octanol–water partition coefficient (Wildman–Crippen LogP) is 0.223. The van der Waals surface area contributed by atoms with E-state index in [0.29, 0.717) is 11.4 Å². The highest BCUT2D eigenvalue weighted by Crippen LogP contribution is 2.32. The van der Waals surface area contributed by atoms with Crippen LogP contribution in [0.4, 0.5) is 11.5 Å². The zero-order valence-electron chi connectivity index (χ0n) is 14.7. The summed E-state index contributed by atoms with van der Waals surface area (Å²) in [6.45, 7) is 1.05. The fourth-order valence-corrected chi connectivity index (χ4v) is 3.46. The fraction of sp³-hybridized carbons (Fsp3) is 0.235. The summed E-state index contributed by atoms with van der Waals surface area (Å²) in [4.78, 5) is 62.4. The number of nitrogen functional groups attached to an aromatic ring is 1. The van der Waals surface area contributed by atoms with Gasteiger partial charge in [0.05, 0.1) is 17.0 Å². The van der Waals surface area contributed by atoms with Crippen molar-refractivity contribution in [3.8, 4) is 0 Å². The summed E-state index contributed by atoms with van der Waals surface area (Å²) in [5.41, 5.74) is 4.25. The molecule has 1 aliphatic rings. The van der Waals surface area contributed by atoms with Gasteiger partial charge in [-0.1, -0.05) is 0 Å². The average Bonchev–Trinajstić information content (AvgIpc) is 2.65. The molecule has 1 amide bonds. The number of hydrogen-bond acceptors (Lipinski definition) is 8. The van der Waals surface area contributed by atoms with E-state index in [9.17, 15) is 24.0 Å². The first-order chi connectivity index (χ1) is 13.3. The minimum absolute atomic E-state index is 0.134. The Hall–Kier alpha value is -3.34. The van der Waals surface area contributed by atoms with E-state index in [4.69, 9.17) is 10.5 Å². The molecule has 28 heavy (non-hydrogen) atoms. The van der Waals surface area contributed by atoms with E-state index in [2.05, 4.69) is 5.32 Å². The Morgan fingerprint density at radius 3 is 2.75 bits per heavy atom. The van der Waals surface area contributed by atoms with Gasteiger partial charge in [-0.05, 0) is 25.1 Å². The number of Topliss-reactive ketones (excluding diaryl/α,β-unsaturated/α-hetero) is 1. The number of carbonyl (C=O) groups excluding carboxylic acids is 3. The zero-order chi connectivity index (χ0) is 20.4. The lowest BCUT2D eigenvalue weighted by Crippen LogP contribution is -2.36. The number of thioether (sulfide) groups is 1. The number of H-pyrrole nitrogens is 1. The Kier molecular flexibility index (Phi) is 5.36. The lowest BCUT2D eigenvalue weighted by molar-refractivity contribution is -0.113. The molecule has 0 atom stereocenters. The van der Waals surface area contributed by atoms with E-state index < -0.39 is 35.2 Å². The Morgan fingerprint density at radius 1 is 1.29 bits per heavy atom. The first-order valence-electron chi connectivity index (χ1n) is 8.21. The number of amides is 1. The number of fused-ring (bicyclic) bond motifs is 1. The largest absolute Gasteiger partial charge is 0.454 e. The molecule has 1 aromatic heterocycles. The quantitative estimate of drug-likeness (QED) is 0.472. The van der Waals surface area contributed by atoms with E-state index >= 15 is 0 Å². The standard InChI is InChI=1S/C17H16N4O6S/c1-2-21-14(18)13(15(24)20-17(21)26)10(22)6-27-16(25)8-3-4-11-9(5-8)19-12(23)7-28-11/h3-5H,2,6-7,18H2,1H3,(H,19,23)(H,20,24,26). The molecular formula is C17H16N4O6S. The van der Waals surface area contributed by atoms with E-state index in [1.807, 2.05) is 4.98 Å². The van der Waals surface area contributed by atoms with Crippen LogP contribution in [-0.4, -0.2) is 39.6 Å². The average molecular weight is 404 g/mol. The maximum atomic E-state index is 12.3. The van der Waals surface area contributed by atoms with Crippen LogP contribution in [0.25, 0.3) is 0 Å². The molecule has 11 heteroatoms. The molecular weight excluding hydrogens is 388 g/mol. The van der Waals surface area contributed by atoms with Gasteiger partial charge in [0, 0.05) is 11.4 Å². The van der Waals surface area contributed by atoms with Crippen LogP contribution < -0.4 is 22.3 Å². The lowest BCUT2D eigenvalue weighted by Gasteiger charge is -2.16. The Labute approximate surface area is 162 Å². The number of anilines is 2. The van der Waals surface area contributed by atoms with Crippen LogP contribution in [0.2, 0.25) is 0 Å². The monoisotopic (exact) mass is 404 g/mol. The van der Waals surface area contributed by atoms with Crippen LogP contribution in [0.5, 0.6) is 0 Å². The van der Waals surface area contributed by atoms with Crippen LogP contribution in [0.3, 0.4) is 0 Å². The number of nitrogens with one attached hydrogen (secondary N) is 2. The molecule has 1 aliphatic heterocycles. The molecule has 1 aromatic carbocycles. The number of rotatable bonds is 5. The number of ketones is 1. The van der Waals surface area contributed by atoms with Crippen LogP contribution >= 0.6 is 11.8 Å². The van der Waals surface area contributed by atoms with Gasteiger partial charge in [0.15, 0.2) is 6.61 Å². The number of aromatic amines is 1. The van der Waals surface area contributed by atoms with Crippen LogP contribution in [0, 0.1) is 0 Å². The molecule has 0 unspecified atom stereocenters. The van der Waals surface area contributed by atoms with Gasteiger partial charge >= 0.3 is 11.7 Å². The third-order valence-corrected chi connectivity index (χ3v) is 5.09. The van der Waals surface area contributed by atoms with Crippen molar-refractivity contribution in [2.45, 2.75) is 18.4 Å². The van der Waals surface area contributed by atoms with Gasteiger partial charge in [0.2, 0.25) is 11.7 Å². The molecule has 0 aliphatic carbocycles. The number of nitrogens with two attached hydrogens (primary N) is 1. The molecule has 0 radical (unpaired) electrons. The minimum atomic E-state index is -0.943. The topological polar surface area (TPSA) is 153 Å². The highest BCUT2D eigenvalue weighted by atomic mass is 32.2. The second kappa shape index (κ2) is 7.72. The van der Waals surface area contributed by atoms with E-state index in [-0.39, 0.29) is 23.8 Å². The summed E-state index contributed by atoms with van der Waals surface area (Å²) in [6.07, 6.45) is 0. The number of hydrogen-bond donors (Lipinski definition) is 3. The molecule has 0 spiro atoms. The van der Waals surface area contributed by atoms with Gasteiger partial charge < -0.3 is 15.8 Å². The number of ether oxygens (including phenoxy) is 1. The summed E-state index contributed by atoms with van der Waals surface area (Å²) < 4.78 is 6.00. The molecule has 0 fully saturated rings. The molecule has 0 bridgehead atoms. The van der Waals surface area contributed by atoms with Crippen molar-refractivity contribution >= 4 is 40.9 Å². The highest BCUT2D eigenvalue weighted by Gasteiger charge is 2.22. The third kappa shape index (κ3) is 3.69. The maximum Gasteiger partial charge on any atom is 0.338 e. The van der Waals surface area contributed by atoms with Gasteiger partial charge in [0.25, 0.3) is 5.56 Å². The number of nitrogens with zero attached hydrogens (tertiary/aromatic N) is 1. The van der Waals surface area contributed by atoms with E-state index in [0.717, 1.165) is 9.46 Å². The van der Waals surface area contributed by atoms with Crippen molar-refractivity contribution in [2.24, 2.45) is 0 Å². The van der Waals surface area contributed by atoms with E-state index in [1.165, 1.54) is 23.9 Å². The second-order valence-corrected chi connectivity index (χ2v) is 6.83. The summed E-state index contributed by atoms with van der Waals surface area (Å²) in [7, 11) is 0. The predicted molar refractivity (Wildman–Crippen MR) is 102 cm³/mol. The first kappa shape index (κ1) is 19.4. The van der Waals surface area contributed by atoms with Crippen molar-refractivity contribution in [3.63, 3.8) is 0 Å². The summed E-state index contributed by atoms with van der Waals surface area (Å²) in [5, 5.41) is 2.65. The van der Waals surface area contributed by atoms with Gasteiger partial charge in [-0.15, -0.1) is 11.8 Å². The van der Waals surface area contributed by atoms with Crippen LogP contribution in [0.1, 0.15) is 27.6 Å². The minimum Gasteiger partial charge on any atom is -0.454 e. The molecule has 2 aromatic rings. The van der Waals surface area contributed by atoms with Gasteiger partial charge in [-0.3, -0.25) is 23.9 Å². The number of carbonyl (C=O) groups is 3. The van der Waals surface area contributed by atoms with Gasteiger partial charge in [-0.25, -0.2) is 9.59 Å². The fourth-order valence-electron chi connectivity index (χ4n) is 2.67. The van der Waals surface area contributed by atoms with Crippen molar-refractivity contribution in [1.29, 1.82) is 0 Å². The lowest BCUT2D eigenvalue weighted by atomic mass is 10.2. The molecule has 146 valence electrons. The Balaban J connectivity index is 1.76. The first-order valence-corrected chi connectivity index (χ1v) is 9.20. The third-order valence-electron chi connectivity index (χ3n) is 4.02.